The zero-order valence-corrected chi connectivity index (χ0v) is 11.2. The molecule has 1 saturated carbocycles. The van der Waals surface area contributed by atoms with Gasteiger partial charge in [0.05, 0.1) is 0 Å². The molecule has 2 fully saturated rings. The van der Waals surface area contributed by atoms with Gasteiger partial charge in [-0.3, -0.25) is 0 Å². The molecule has 1 N–H and O–H groups in total. The second-order valence-corrected chi connectivity index (χ2v) is 6.82. The highest BCUT2D eigenvalue weighted by atomic mass is 15.0. The molecule has 17 heavy (non-hydrogen) atoms. The first-order valence-electron chi connectivity index (χ1n) is 6.88. The zero-order valence-electron chi connectivity index (χ0n) is 11.2. The van der Waals surface area contributed by atoms with Crippen molar-refractivity contribution in [3.8, 4) is 0 Å². The van der Waals surface area contributed by atoms with Crippen LogP contribution in [0.5, 0.6) is 0 Å². The first-order valence-corrected chi connectivity index (χ1v) is 6.88. The topological polar surface area (TPSA) is 12.0 Å². The fraction of sp³-hybridized carbons (Fsp3) is 0.625. The van der Waals surface area contributed by atoms with E-state index in [0.29, 0.717) is 0 Å². The predicted octanol–water partition coefficient (Wildman–Crippen LogP) is 3.45. The third-order valence-corrected chi connectivity index (χ3v) is 4.57. The lowest BCUT2D eigenvalue weighted by Gasteiger charge is -2.24. The van der Waals surface area contributed by atoms with Gasteiger partial charge >= 0.3 is 0 Å². The zero-order chi connectivity index (χ0) is 12.0. The molecule has 1 aromatic rings. The van der Waals surface area contributed by atoms with Gasteiger partial charge in [0.1, 0.15) is 0 Å². The summed E-state index contributed by atoms with van der Waals surface area (Å²) in [6.45, 7) is 8.08. The summed E-state index contributed by atoms with van der Waals surface area (Å²) in [6.07, 6.45) is 2.74. The molecule has 1 nitrogen and oxygen atoms in total. The van der Waals surface area contributed by atoms with E-state index in [9.17, 15) is 0 Å². The summed E-state index contributed by atoms with van der Waals surface area (Å²) in [4.78, 5) is 0. The van der Waals surface area contributed by atoms with Gasteiger partial charge in [0.2, 0.25) is 0 Å². The Morgan fingerprint density at radius 3 is 2.24 bits per heavy atom. The van der Waals surface area contributed by atoms with E-state index >= 15 is 0 Å². The van der Waals surface area contributed by atoms with Gasteiger partial charge in [-0.05, 0) is 47.8 Å². The predicted molar refractivity (Wildman–Crippen MR) is 72.4 cm³/mol. The molecule has 2 aliphatic rings. The van der Waals surface area contributed by atoms with Crippen LogP contribution in [0.25, 0.3) is 0 Å². The third-order valence-electron chi connectivity index (χ3n) is 4.57. The van der Waals surface area contributed by atoms with E-state index in [2.05, 4.69) is 50.4 Å². The number of hydrogen-bond acceptors (Lipinski definition) is 1. The van der Waals surface area contributed by atoms with Crippen LogP contribution < -0.4 is 5.32 Å². The minimum atomic E-state index is 0.273. The van der Waals surface area contributed by atoms with E-state index in [-0.39, 0.29) is 5.41 Å². The van der Waals surface area contributed by atoms with Crippen LogP contribution in [-0.4, -0.2) is 12.6 Å². The van der Waals surface area contributed by atoms with E-state index in [1.165, 1.54) is 24.9 Å². The number of hydrogen-bond donors (Lipinski definition) is 1. The quantitative estimate of drug-likeness (QED) is 0.777. The maximum absolute atomic E-state index is 3.59. The molecule has 2 bridgehead atoms. The summed E-state index contributed by atoms with van der Waals surface area (Å²) in [5.41, 5.74) is 3.28. The molecule has 1 aliphatic carbocycles. The van der Waals surface area contributed by atoms with Crippen molar-refractivity contribution >= 4 is 0 Å². The van der Waals surface area contributed by atoms with Gasteiger partial charge in [-0.15, -0.1) is 0 Å². The van der Waals surface area contributed by atoms with Crippen LogP contribution >= 0.6 is 0 Å². The molecule has 3 atom stereocenters. The number of fused-ring (bicyclic) bond motifs is 2. The molecule has 1 saturated heterocycles. The smallest absolute Gasteiger partial charge is 0.00764 e. The molecule has 1 aliphatic heterocycles. The summed E-state index contributed by atoms with van der Waals surface area (Å²) in [7, 11) is 0. The van der Waals surface area contributed by atoms with Crippen molar-refractivity contribution in [2.24, 2.45) is 5.92 Å². The van der Waals surface area contributed by atoms with Gasteiger partial charge in [0.25, 0.3) is 0 Å². The maximum Gasteiger partial charge on any atom is 0.00764 e. The van der Waals surface area contributed by atoms with Crippen LogP contribution in [0.3, 0.4) is 0 Å². The van der Waals surface area contributed by atoms with Crippen LogP contribution in [0.4, 0.5) is 0 Å². The van der Waals surface area contributed by atoms with E-state index in [4.69, 9.17) is 0 Å². The highest BCUT2D eigenvalue weighted by Gasteiger charge is 2.39. The standard InChI is InChI=1S/C16H23N/c1-16(2,3)13-6-4-11(5-7-13)15-9-14-8-12(15)10-17-14/h4-7,12,14-15,17H,8-10H2,1-3H3. The number of nitrogens with one attached hydrogen (secondary N) is 1. The lowest BCUT2D eigenvalue weighted by atomic mass is 9.83. The Morgan fingerprint density at radius 2 is 1.76 bits per heavy atom. The molecule has 3 rings (SSSR count). The minimum Gasteiger partial charge on any atom is -0.314 e. The first kappa shape index (κ1) is 11.3. The summed E-state index contributed by atoms with van der Waals surface area (Å²) in [5, 5.41) is 3.59. The Bertz CT molecular complexity index is 399. The largest absolute Gasteiger partial charge is 0.314 e. The average Bonchev–Trinajstić information content (AvgIpc) is 2.89. The highest BCUT2D eigenvalue weighted by molar-refractivity contribution is 5.31. The van der Waals surface area contributed by atoms with Gasteiger partial charge in [-0.2, -0.15) is 0 Å². The van der Waals surface area contributed by atoms with E-state index in [1.54, 1.807) is 5.56 Å². The Morgan fingerprint density at radius 1 is 1.06 bits per heavy atom. The lowest BCUT2D eigenvalue weighted by Crippen LogP contribution is -2.28. The molecule has 0 radical (unpaired) electrons. The van der Waals surface area contributed by atoms with Crippen LogP contribution in [0.1, 0.15) is 50.7 Å². The van der Waals surface area contributed by atoms with Gasteiger partial charge in [0, 0.05) is 6.04 Å². The van der Waals surface area contributed by atoms with Gasteiger partial charge < -0.3 is 5.32 Å². The van der Waals surface area contributed by atoms with Crippen LogP contribution in [0.2, 0.25) is 0 Å². The minimum absolute atomic E-state index is 0.273. The number of benzene rings is 1. The normalized spacial score (nSPS) is 32.1. The van der Waals surface area contributed by atoms with Crippen molar-refractivity contribution in [1.82, 2.24) is 5.32 Å². The van der Waals surface area contributed by atoms with Crippen LogP contribution in [0.15, 0.2) is 24.3 Å². The van der Waals surface area contributed by atoms with Crippen molar-refractivity contribution in [3.05, 3.63) is 35.4 Å². The summed E-state index contributed by atoms with van der Waals surface area (Å²) in [5.74, 6) is 1.70. The van der Waals surface area contributed by atoms with Crippen LogP contribution in [-0.2, 0) is 5.41 Å². The SMILES string of the molecule is CC(C)(C)c1ccc(C2CC3CC2CN3)cc1. The Kier molecular flexibility index (Phi) is 2.55. The molecule has 92 valence electrons. The Balaban J connectivity index is 1.81. The summed E-state index contributed by atoms with van der Waals surface area (Å²) >= 11 is 0. The highest BCUT2D eigenvalue weighted by Crippen LogP contribution is 2.43. The van der Waals surface area contributed by atoms with Gasteiger partial charge in [-0.25, -0.2) is 0 Å². The molecule has 1 heterocycles. The Labute approximate surface area is 105 Å². The third kappa shape index (κ3) is 2.01. The molecule has 0 aromatic heterocycles. The molecule has 3 unspecified atom stereocenters. The molecule has 1 heteroatoms. The molecular formula is C16H23N. The van der Waals surface area contributed by atoms with Crippen molar-refractivity contribution in [2.45, 2.75) is 51.0 Å². The first-order chi connectivity index (χ1) is 8.04. The fourth-order valence-electron chi connectivity index (χ4n) is 3.47. The molecule has 1 aromatic carbocycles. The molecular weight excluding hydrogens is 206 g/mol. The van der Waals surface area contributed by atoms with Crippen LogP contribution in [0, 0.1) is 5.92 Å². The summed E-state index contributed by atoms with van der Waals surface area (Å²) in [6, 6.07) is 10.2. The maximum atomic E-state index is 3.59. The van der Waals surface area contributed by atoms with Crippen molar-refractivity contribution in [2.75, 3.05) is 6.54 Å². The van der Waals surface area contributed by atoms with Gasteiger partial charge in [0.15, 0.2) is 0 Å². The monoisotopic (exact) mass is 229 g/mol. The molecule has 0 spiro atoms. The number of piperidine rings is 1. The van der Waals surface area contributed by atoms with E-state index in [1.807, 2.05) is 0 Å². The summed E-state index contributed by atoms with van der Waals surface area (Å²) < 4.78 is 0. The second kappa shape index (κ2) is 3.84. The van der Waals surface area contributed by atoms with Gasteiger partial charge in [-0.1, -0.05) is 45.0 Å². The van der Waals surface area contributed by atoms with E-state index in [0.717, 1.165) is 17.9 Å². The number of rotatable bonds is 1. The lowest BCUT2D eigenvalue weighted by molar-refractivity contribution is 0.441. The molecule has 0 amide bonds. The van der Waals surface area contributed by atoms with E-state index < -0.39 is 0 Å². The van der Waals surface area contributed by atoms with Crippen molar-refractivity contribution in [3.63, 3.8) is 0 Å². The average molecular weight is 229 g/mol. The van der Waals surface area contributed by atoms with Crippen molar-refractivity contribution in [1.29, 1.82) is 0 Å². The van der Waals surface area contributed by atoms with Crippen molar-refractivity contribution < 1.29 is 0 Å². The second-order valence-electron chi connectivity index (χ2n) is 6.82. The Hall–Kier alpha value is -0.820. The fourth-order valence-corrected chi connectivity index (χ4v) is 3.47.